The molecule has 0 fully saturated rings. The SMILES string of the molecule is C=C(C)CCOc1ccc(CN)nc1. The quantitative estimate of drug-likeness (QED) is 0.725. The highest BCUT2D eigenvalue weighted by Gasteiger charge is 1.95. The van der Waals surface area contributed by atoms with E-state index in [9.17, 15) is 0 Å². The van der Waals surface area contributed by atoms with Gasteiger partial charge in [0.1, 0.15) is 5.75 Å². The Labute approximate surface area is 84.6 Å². The summed E-state index contributed by atoms with van der Waals surface area (Å²) in [5, 5.41) is 0. The lowest BCUT2D eigenvalue weighted by Crippen LogP contribution is -2.01. The van der Waals surface area contributed by atoms with Crippen molar-refractivity contribution in [3.8, 4) is 5.75 Å². The summed E-state index contributed by atoms with van der Waals surface area (Å²) < 4.78 is 5.45. The average Bonchev–Trinajstić information content (AvgIpc) is 2.18. The maximum absolute atomic E-state index is 5.45. The highest BCUT2D eigenvalue weighted by molar-refractivity contribution is 5.19. The lowest BCUT2D eigenvalue weighted by molar-refractivity contribution is 0.320. The Morgan fingerprint density at radius 2 is 2.36 bits per heavy atom. The molecule has 0 saturated heterocycles. The molecule has 1 aromatic rings. The van der Waals surface area contributed by atoms with Crippen LogP contribution in [0.1, 0.15) is 19.0 Å². The van der Waals surface area contributed by atoms with E-state index < -0.39 is 0 Å². The molecule has 3 nitrogen and oxygen atoms in total. The second-order valence-electron chi connectivity index (χ2n) is 3.24. The molecule has 0 atom stereocenters. The van der Waals surface area contributed by atoms with Crippen LogP contribution >= 0.6 is 0 Å². The molecule has 0 bridgehead atoms. The minimum atomic E-state index is 0.464. The van der Waals surface area contributed by atoms with E-state index in [4.69, 9.17) is 10.5 Å². The third-order valence-corrected chi connectivity index (χ3v) is 1.80. The number of nitrogens with zero attached hydrogens (tertiary/aromatic N) is 1. The summed E-state index contributed by atoms with van der Waals surface area (Å²) in [6.07, 6.45) is 2.57. The number of rotatable bonds is 5. The minimum absolute atomic E-state index is 0.464. The average molecular weight is 192 g/mol. The van der Waals surface area contributed by atoms with Crippen molar-refractivity contribution in [2.45, 2.75) is 19.9 Å². The van der Waals surface area contributed by atoms with E-state index in [1.807, 2.05) is 19.1 Å². The van der Waals surface area contributed by atoms with Crippen LogP contribution in [0.4, 0.5) is 0 Å². The van der Waals surface area contributed by atoms with Gasteiger partial charge in [-0.05, 0) is 19.1 Å². The van der Waals surface area contributed by atoms with Crippen molar-refractivity contribution in [2.24, 2.45) is 5.73 Å². The van der Waals surface area contributed by atoms with Crippen molar-refractivity contribution in [2.75, 3.05) is 6.61 Å². The zero-order chi connectivity index (χ0) is 10.4. The van der Waals surface area contributed by atoms with E-state index in [1.165, 1.54) is 0 Å². The van der Waals surface area contributed by atoms with E-state index in [-0.39, 0.29) is 0 Å². The van der Waals surface area contributed by atoms with Crippen LogP contribution in [0.15, 0.2) is 30.5 Å². The molecule has 1 heterocycles. The van der Waals surface area contributed by atoms with Crippen molar-refractivity contribution in [3.05, 3.63) is 36.2 Å². The van der Waals surface area contributed by atoms with Crippen molar-refractivity contribution < 1.29 is 4.74 Å². The molecule has 76 valence electrons. The molecule has 0 unspecified atom stereocenters. The van der Waals surface area contributed by atoms with Gasteiger partial charge in [-0.2, -0.15) is 0 Å². The molecule has 1 aromatic heterocycles. The molecule has 2 N–H and O–H groups in total. The fourth-order valence-electron chi connectivity index (χ4n) is 0.960. The van der Waals surface area contributed by atoms with E-state index in [2.05, 4.69) is 11.6 Å². The van der Waals surface area contributed by atoms with Crippen molar-refractivity contribution in [1.82, 2.24) is 4.98 Å². The first-order valence-corrected chi connectivity index (χ1v) is 4.64. The highest BCUT2D eigenvalue weighted by atomic mass is 16.5. The summed E-state index contributed by atoms with van der Waals surface area (Å²) >= 11 is 0. The molecule has 0 aromatic carbocycles. The zero-order valence-corrected chi connectivity index (χ0v) is 8.49. The number of aromatic nitrogens is 1. The first kappa shape index (κ1) is 10.7. The van der Waals surface area contributed by atoms with Gasteiger partial charge >= 0.3 is 0 Å². The van der Waals surface area contributed by atoms with Crippen LogP contribution in [0, 0.1) is 0 Å². The van der Waals surface area contributed by atoms with Gasteiger partial charge in [-0.25, -0.2) is 0 Å². The van der Waals surface area contributed by atoms with Gasteiger partial charge in [0, 0.05) is 13.0 Å². The van der Waals surface area contributed by atoms with Crippen molar-refractivity contribution in [3.63, 3.8) is 0 Å². The van der Waals surface area contributed by atoms with Crippen LogP contribution < -0.4 is 10.5 Å². The van der Waals surface area contributed by atoms with Crippen LogP contribution in [-0.4, -0.2) is 11.6 Å². The topological polar surface area (TPSA) is 48.1 Å². The minimum Gasteiger partial charge on any atom is -0.492 e. The largest absolute Gasteiger partial charge is 0.492 e. The van der Waals surface area contributed by atoms with Crippen LogP contribution in [0.5, 0.6) is 5.75 Å². The Balaban J connectivity index is 2.40. The maximum Gasteiger partial charge on any atom is 0.137 e. The van der Waals surface area contributed by atoms with Crippen LogP contribution in [0.25, 0.3) is 0 Å². The third-order valence-electron chi connectivity index (χ3n) is 1.80. The number of hydrogen-bond donors (Lipinski definition) is 1. The van der Waals surface area contributed by atoms with Gasteiger partial charge in [-0.1, -0.05) is 5.57 Å². The molecule has 0 spiro atoms. The summed E-state index contributed by atoms with van der Waals surface area (Å²) in [5.41, 5.74) is 7.42. The lowest BCUT2D eigenvalue weighted by Gasteiger charge is -2.05. The van der Waals surface area contributed by atoms with E-state index >= 15 is 0 Å². The Morgan fingerprint density at radius 3 is 2.86 bits per heavy atom. The second kappa shape index (κ2) is 5.40. The molecule has 0 aliphatic carbocycles. The summed E-state index contributed by atoms with van der Waals surface area (Å²) in [7, 11) is 0. The third kappa shape index (κ3) is 3.58. The van der Waals surface area contributed by atoms with E-state index in [1.54, 1.807) is 6.20 Å². The summed E-state index contributed by atoms with van der Waals surface area (Å²) in [4.78, 5) is 4.12. The predicted molar refractivity (Wildman–Crippen MR) is 57.1 cm³/mol. The zero-order valence-electron chi connectivity index (χ0n) is 8.49. The molecular weight excluding hydrogens is 176 g/mol. The standard InChI is InChI=1S/C11H16N2O/c1-9(2)5-6-14-11-4-3-10(7-12)13-8-11/h3-4,8H,1,5-7,12H2,2H3. The summed E-state index contributed by atoms with van der Waals surface area (Å²) in [6, 6.07) is 3.75. The maximum atomic E-state index is 5.45. The number of hydrogen-bond acceptors (Lipinski definition) is 3. The van der Waals surface area contributed by atoms with Gasteiger partial charge in [0.2, 0.25) is 0 Å². The molecular formula is C11H16N2O. The number of pyridine rings is 1. The smallest absolute Gasteiger partial charge is 0.137 e. The molecule has 3 heteroatoms. The van der Waals surface area contributed by atoms with Gasteiger partial charge in [-0.3, -0.25) is 4.98 Å². The molecule has 0 aliphatic rings. The normalized spacial score (nSPS) is 9.86. The van der Waals surface area contributed by atoms with Gasteiger partial charge < -0.3 is 10.5 Å². The summed E-state index contributed by atoms with van der Waals surface area (Å²) in [5.74, 6) is 0.781. The molecule has 1 rings (SSSR count). The second-order valence-corrected chi connectivity index (χ2v) is 3.24. The number of nitrogens with two attached hydrogens (primary N) is 1. The van der Waals surface area contributed by atoms with Crippen molar-refractivity contribution in [1.29, 1.82) is 0 Å². The Bertz CT molecular complexity index is 293. The monoisotopic (exact) mass is 192 g/mol. The highest BCUT2D eigenvalue weighted by Crippen LogP contribution is 2.09. The Hall–Kier alpha value is -1.35. The van der Waals surface area contributed by atoms with Gasteiger partial charge in [0.15, 0.2) is 0 Å². The van der Waals surface area contributed by atoms with Gasteiger partial charge in [0.25, 0.3) is 0 Å². The summed E-state index contributed by atoms with van der Waals surface area (Å²) in [6.45, 7) is 6.90. The Kier molecular flexibility index (Phi) is 4.13. The fourth-order valence-corrected chi connectivity index (χ4v) is 0.960. The van der Waals surface area contributed by atoms with Crippen LogP contribution in [-0.2, 0) is 6.54 Å². The van der Waals surface area contributed by atoms with E-state index in [0.717, 1.165) is 23.4 Å². The van der Waals surface area contributed by atoms with Crippen LogP contribution in [0.3, 0.4) is 0 Å². The first-order chi connectivity index (χ1) is 6.72. The predicted octanol–water partition coefficient (Wildman–Crippen LogP) is 1.89. The first-order valence-electron chi connectivity index (χ1n) is 4.64. The fraction of sp³-hybridized carbons (Fsp3) is 0.364. The molecule has 0 aliphatic heterocycles. The van der Waals surface area contributed by atoms with Gasteiger partial charge in [-0.15, -0.1) is 6.58 Å². The van der Waals surface area contributed by atoms with Crippen LogP contribution in [0.2, 0.25) is 0 Å². The molecule has 0 saturated carbocycles. The van der Waals surface area contributed by atoms with E-state index in [0.29, 0.717) is 13.2 Å². The van der Waals surface area contributed by atoms with Crippen molar-refractivity contribution >= 4 is 0 Å². The molecule has 14 heavy (non-hydrogen) atoms. The lowest BCUT2D eigenvalue weighted by atomic mass is 10.3. The molecule has 0 radical (unpaired) electrons. The Morgan fingerprint density at radius 1 is 1.57 bits per heavy atom. The number of ether oxygens (including phenoxy) is 1. The van der Waals surface area contributed by atoms with Gasteiger partial charge in [0.05, 0.1) is 18.5 Å². The molecule has 0 amide bonds.